The van der Waals surface area contributed by atoms with E-state index < -0.39 is 17.9 Å². The highest BCUT2D eigenvalue weighted by Crippen LogP contribution is 2.20. The van der Waals surface area contributed by atoms with Crippen LogP contribution in [0.3, 0.4) is 0 Å². The molecule has 1 aromatic carbocycles. The molecule has 6 nitrogen and oxygen atoms in total. The van der Waals surface area contributed by atoms with E-state index in [1.807, 2.05) is 6.07 Å². The average Bonchev–Trinajstić information content (AvgIpc) is 2.59. The Kier molecular flexibility index (Phi) is 4.97. The summed E-state index contributed by atoms with van der Waals surface area (Å²) in [5.41, 5.74) is 0.746. The molecular weight excluding hydrogens is 332 g/mol. The van der Waals surface area contributed by atoms with Gasteiger partial charge in [-0.3, -0.25) is 4.79 Å². The maximum absolute atomic E-state index is 12.4. The number of halogens is 1. The number of hydrogen-bond donors (Lipinski definition) is 2. The lowest BCUT2D eigenvalue weighted by atomic mass is 9.93. The van der Waals surface area contributed by atoms with Crippen LogP contribution in [0.15, 0.2) is 30.3 Å². The molecule has 1 fully saturated rings. The number of ether oxygens (including phenoxy) is 1. The molecule has 126 valence electrons. The SMILES string of the molecule is O=C(NC(C(=O)O)C1CCCOC1)c1ccc2ccc(Cl)cc2n1. The van der Waals surface area contributed by atoms with Gasteiger partial charge in [0.2, 0.25) is 0 Å². The first-order valence-electron chi connectivity index (χ1n) is 7.72. The Morgan fingerprint density at radius 2 is 2.12 bits per heavy atom. The van der Waals surface area contributed by atoms with E-state index in [2.05, 4.69) is 10.3 Å². The van der Waals surface area contributed by atoms with Gasteiger partial charge in [0, 0.05) is 22.9 Å². The molecule has 0 bridgehead atoms. The Balaban J connectivity index is 1.80. The third-order valence-corrected chi connectivity index (χ3v) is 4.34. The van der Waals surface area contributed by atoms with Crippen LogP contribution < -0.4 is 5.32 Å². The number of carboxylic acid groups (broad SMARTS) is 1. The fraction of sp³-hybridized carbons (Fsp3) is 0.353. The summed E-state index contributed by atoms with van der Waals surface area (Å²) in [5, 5.41) is 13.4. The lowest BCUT2D eigenvalue weighted by molar-refractivity contribution is -0.142. The molecule has 0 radical (unpaired) electrons. The van der Waals surface area contributed by atoms with Crippen molar-refractivity contribution in [3.8, 4) is 0 Å². The van der Waals surface area contributed by atoms with E-state index >= 15 is 0 Å². The van der Waals surface area contributed by atoms with Gasteiger partial charge in [-0.15, -0.1) is 0 Å². The minimum absolute atomic E-state index is 0.160. The molecule has 2 N–H and O–H groups in total. The average molecular weight is 349 g/mol. The molecule has 2 atom stereocenters. The molecule has 2 aromatic rings. The van der Waals surface area contributed by atoms with Crippen LogP contribution in [0, 0.1) is 5.92 Å². The fourth-order valence-corrected chi connectivity index (χ4v) is 3.01. The number of rotatable bonds is 4. The zero-order valence-corrected chi connectivity index (χ0v) is 13.6. The molecule has 2 unspecified atom stereocenters. The van der Waals surface area contributed by atoms with Crippen molar-refractivity contribution in [3.63, 3.8) is 0 Å². The number of carboxylic acids is 1. The minimum Gasteiger partial charge on any atom is -0.480 e. The van der Waals surface area contributed by atoms with Crippen LogP contribution in [0.5, 0.6) is 0 Å². The molecule has 2 heterocycles. The number of pyridine rings is 1. The van der Waals surface area contributed by atoms with E-state index in [0.717, 1.165) is 11.8 Å². The number of amides is 1. The number of aromatic nitrogens is 1. The second-order valence-corrected chi connectivity index (χ2v) is 6.24. The van der Waals surface area contributed by atoms with Gasteiger partial charge >= 0.3 is 5.97 Å². The Morgan fingerprint density at radius 3 is 2.83 bits per heavy atom. The van der Waals surface area contributed by atoms with Gasteiger partial charge in [-0.05, 0) is 31.0 Å². The Morgan fingerprint density at radius 1 is 1.33 bits per heavy atom. The quantitative estimate of drug-likeness (QED) is 0.886. The zero-order chi connectivity index (χ0) is 17.1. The summed E-state index contributed by atoms with van der Waals surface area (Å²) in [5.74, 6) is -1.83. The first-order chi connectivity index (χ1) is 11.5. The molecule has 7 heteroatoms. The Hall–Kier alpha value is -2.18. The number of carbonyl (C=O) groups excluding carboxylic acids is 1. The maximum atomic E-state index is 12.4. The van der Waals surface area contributed by atoms with E-state index in [0.29, 0.717) is 30.2 Å². The van der Waals surface area contributed by atoms with E-state index in [4.69, 9.17) is 16.3 Å². The third kappa shape index (κ3) is 3.66. The van der Waals surface area contributed by atoms with Crippen LogP contribution in [0.2, 0.25) is 5.02 Å². The van der Waals surface area contributed by atoms with Crippen molar-refractivity contribution in [2.75, 3.05) is 13.2 Å². The van der Waals surface area contributed by atoms with Gasteiger partial charge in [0.1, 0.15) is 11.7 Å². The van der Waals surface area contributed by atoms with Gasteiger partial charge in [0.05, 0.1) is 12.1 Å². The maximum Gasteiger partial charge on any atom is 0.326 e. The summed E-state index contributed by atoms with van der Waals surface area (Å²) >= 11 is 5.95. The van der Waals surface area contributed by atoms with Gasteiger partial charge in [-0.1, -0.05) is 23.7 Å². The first-order valence-corrected chi connectivity index (χ1v) is 8.10. The van der Waals surface area contributed by atoms with Gasteiger partial charge in [0.25, 0.3) is 5.91 Å². The van der Waals surface area contributed by atoms with Crippen LogP contribution in [0.25, 0.3) is 10.9 Å². The summed E-state index contributed by atoms with van der Waals surface area (Å²) < 4.78 is 5.33. The van der Waals surface area contributed by atoms with Crippen LogP contribution >= 0.6 is 11.6 Å². The van der Waals surface area contributed by atoms with E-state index in [1.54, 1.807) is 24.3 Å². The van der Waals surface area contributed by atoms with E-state index in [9.17, 15) is 14.7 Å². The van der Waals surface area contributed by atoms with Crippen LogP contribution in [-0.4, -0.2) is 41.2 Å². The van der Waals surface area contributed by atoms with Crippen molar-refractivity contribution in [3.05, 3.63) is 41.0 Å². The number of benzene rings is 1. The smallest absolute Gasteiger partial charge is 0.326 e. The molecular formula is C17H17ClN2O4. The predicted molar refractivity (Wildman–Crippen MR) is 89.2 cm³/mol. The number of fused-ring (bicyclic) bond motifs is 1. The second kappa shape index (κ2) is 7.15. The third-order valence-electron chi connectivity index (χ3n) is 4.11. The summed E-state index contributed by atoms with van der Waals surface area (Å²) in [4.78, 5) is 28.2. The van der Waals surface area contributed by atoms with Crippen molar-refractivity contribution >= 4 is 34.4 Å². The van der Waals surface area contributed by atoms with Crippen molar-refractivity contribution in [2.45, 2.75) is 18.9 Å². The molecule has 1 aliphatic rings. The number of aliphatic carboxylic acids is 1. The number of hydrogen-bond acceptors (Lipinski definition) is 4. The highest BCUT2D eigenvalue weighted by Gasteiger charge is 2.31. The zero-order valence-electron chi connectivity index (χ0n) is 12.9. The van der Waals surface area contributed by atoms with Gasteiger partial charge < -0.3 is 15.2 Å². The molecule has 24 heavy (non-hydrogen) atoms. The minimum atomic E-state index is -1.07. The summed E-state index contributed by atoms with van der Waals surface area (Å²) in [6, 6.07) is 7.56. The topological polar surface area (TPSA) is 88.5 Å². The molecule has 1 aromatic heterocycles. The fourth-order valence-electron chi connectivity index (χ4n) is 2.84. The highest BCUT2D eigenvalue weighted by atomic mass is 35.5. The largest absolute Gasteiger partial charge is 0.480 e. The molecule has 1 saturated heterocycles. The van der Waals surface area contributed by atoms with Gasteiger partial charge in [0.15, 0.2) is 0 Å². The molecule has 0 saturated carbocycles. The van der Waals surface area contributed by atoms with Gasteiger partial charge in [-0.25, -0.2) is 9.78 Å². The highest BCUT2D eigenvalue weighted by molar-refractivity contribution is 6.31. The lowest BCUT2D eigenvalue weighted by Crippen LogP contribution is -2.48. The number of carbonyl (C=O) groups is 2. The predicted octanol–water partition coefficient (Wildman–Crippen LogP) is 2.50. The van der Waals surface area contributed by atoms with E-state index in [-0.39, 0.29) is 11.6 Å². The van der Waals surface area contributed by atoms with Crippen molar-refractivity contribution in [1.82, 2.24) is 10.3 Å². The molecule has 0 spiro atoms. The standard InChI is InChI=1S/C17H17ClN2O4/c18-12-5-3-10-4-6-13(19-14(10)8-12)16(21)20-15(17(22)23)11-2-1-7-24-9-11/h3-6,8,11,15H,1-2,7,9H2,(H,20,21)(H,22,23). The van der Waals surface area contributed by atoms with Crippen molar-refractivity contribution < 1.29 is 19.4 Å². The summed E-state index contributed by atoms with van der Waals surface area (Å²) in [7, 11) is 0. The summed E-state index contributed by atoms with van der Waals surface area (Å²) in [6.07, 6.45) is 1.50. The second-order valence-electron chi connectivity index (χ2n) is 5.80. The van der Waals surface area contributed by atoms with Crippen LogP contribution in [0.1, 0.15) is 23.3 Å². The van der Waals surface area contributed by atoms with Crippen molar-refractivity contribution in [1.29, 1.82) is 0 Å². The van der Waals surface area contributed by atoms with Gasteiger partial charge in [-0.2, -0.15) is 0 Å². The van der Waals surface area contributed by atoms with E-state index in [1.165, 1.54) is 0 Å². The molecule has 3 rings (SSSR count). The van der Waals surface area contributed by atoms with Crippen LogP contribution in [0.4, 0.5) is 0 Å². The monoisotopic (exact) mass is 348 g/mol. The summed E-state index contributed by atoms with van der Waals surface area (Å²) in [6.45, 7) is 0.960. The molecule has 1 amide bonds. The number of nitrogens with one attached hydrogen (secondary N) is 1. The first kappa shape index (κ1) is 16.7. The Bertz CT molecular complexity index is 774. The molecule has 1 aliphatic heterocycles. The Labute approximate surface area is 143 Å². The van der Waals surface area contributed by atoms with Crippen molar-refractivity contribution in [2.24, 2.45) is 5.92 Å². The molecule has 0 aliphatic carbocycles. The number of nitrogens with zero attached hydrogens (tertiary/aromatic N) is 1. The van der Waals surface area contributed by atoms with Crippen LogP contribution in [-0.2, 0) is 9.53 Å². The normalized spacial score (nSPS) is 19.0. The lowest BCUT2D eigenvalue weighted by Gasteiger charge is -2.27.